The highest BCUT2D eigenvalue weighted by molar-refractivity contribution is 6.26. The third-order valence-corrected chi connectivity index (χ3v) is 5.24. The summed E-state index contributed by atoms with van der Waals surface area (Å²) in [4.78, 5) is 27.3. The molecular weight excluding hydrogens is 360 g/mol. The molecule has 4 aromatic rings. The number of benzene rings is 4. The molecule has 1 N–H and O–H groups in total. The van der Waals surface area contributed by atoms with Crippen molar-refractivity contribution in [3.8, 4) is 11.1 Å². The predicted molar refractivity (Wildman–Crippen MR) is 116 cm³/mol. The van der Waals surface area contributed by atoms with E-state index in [0.717, 1.165) is 33.3 Å². The van der Waals surface area contributed by atoms with Crippen molar-refractivity contribution in [3.05, 3.63) is 96.6 Å². The first-order valence-corrected chi connectivity index (χ1v) is 9.50. The Kier molecular flexibility index (Phi) is 4.10. The van der Waals surface area contributed by atoms with Crippen LogP contribution < -0.4 is 10.2 Å². The predicted octanol–water partition coefficient (Wildman–Crippen LogP) is 5.11. The molecular formula is C25H18N2O2. The highest BCUT2D eigenvalue weighted by Gasteiger charge is 2.30. The minimum absolute atomic E-state index is 0.0320. The lowest BCUT2D eigenvalue weighted by molar-refractivity contribution is -0.114. The molecule has 5 rings (SSSR count). The fourth-order valence-electron chi connectivity index (χ4n) is 3.93. The second-order valence-electron chi connectivity index (χ2n) is 7.03. The molecule has 4 aromatic carbocycles. The molecule has 29 heavy (non-hydrogen) atoms. The van der Waals surface area contributed by atoms with Crippen molar-refractivity contribution >= 4 is 34.0 Å². The van der Waals surface area contributed by atoms with Crippen LogP contribution in [0, 0.1) is 0 Å². The Labute approximate surface area is 168 Å². The van der Waals surface area contributed by atoms with Gasteiger partial charge in [0.1, 0.15) is 6.54 Å². The number of carbonyl (C=O) groups is 2. The van der Waals surface area contributed by atoms with Crippen LogP contribution in [0.3, 0.4) is 0 Å². The Hall–Kier alpha value is -3.92. The molecule has 1 aliphatic rings. The normalized spacial score (nSPS) is 12.4. The van der Waals surface area contributed by atoms with E-state index in [4.69, 9.17) is 0 Å². The SMILES string of the molecule is O=C(CN1C(=O)c2cccc3cccc1c23)Nc1ccccc1-c1ccccc1. The summed E-state index contributed by atoms with van der Waals surface area (Å²) in [7, 11) is 0. The van der Waals surface area contributed by atoms with Crippen molar-refractivity contribution in [3.63, 3.8) is 0 Å². The first kappa shape index (κ1) is 17.2. The summed E-state index contributed by atoms with van der Waals surface area (Å²) in [5, 5.41) is 4.90. The fourth-order valence-corrected chi connectivity index (χ4v) is 3.93. The van der Waals surface area contributed by atoms with Crippen molar-refractivity contribution in [2.45, 2.75) is 0 Å². The van der Waals surface area contributed by atoms with Gasteiger partial charge in [0, 0.05) is 22.2 Å². The zero-order chi connectivity index (χ0) is 19.8. The van der Waals surface area contributed by atoms with Gasteiger partial charge in [0.25, 0.3) is 5.91 Å². The van der Waals surface area contributed by atoms with Crippen molar-refractivity contribution < 1.29 is 9.59 Å². The molecule has 140 valence electrons. The molecule has 1 aliphatic heterocycles. The fraction of sp³-hybridized carbons (Fsp3) is 0.0400. The summed E-state index contributed by atoms with van der Waals surface area (Å²) in [6.45, 7) is -0.0320. The van der Waals surface area contributed by atoms with Gasteiger partial charge in [-0.25, -0.2) is 0 Å². The molecule has 2 amide bonds. The number of nitrogens with one attached hydrogen (secondary N) is 1. The molecule has 0 aliphatic carbocycles. The molecule has 4 heteroatoms. The second-order valence-corrected chi connectivity index (χ2v) is 7.03. The van der Waals surface area contributed by atoms with Crippen LogP contribution in [0.5, 0.6) is 0 Å². The average Bonchev–Trinajstić information content (AvgIpc) is 3.03. The average molecular weight is 378 g/mol. The smallest absolute Gasteiger partial charge is 0.259 e. The van der Waals surface area contributed by atoms with E-state index in [1.807, 2.05) is 91.0 Å². The number of anilines is 2. The van der Waals surface area contributed by atoms with Crippen molar-refractivity contribution in [2.75, 3.05) is 16.8 Å². The van der Waals surface area contributed by atoms with E-state index >= 15 is 0 Å². The molecule has 0 fully saturated rings. The summed E-state index contributed by atoms with van der Waals surface area (Å²) in [6.07, 6.45) is 0. The molecule has 4 nitrogen and oxygen atoms in total. The van der Waals surface area contributed by atoms with E-state index in [2.05, 4.69) is 5.32 Å². The van der Waals surface area contributed by atoms with E-state index in [-0.39, 0.29) is 18.4 Å². The standard InChI is InChI=1S/C25H18N2O2/c28-23(26-21-14-5-4-12-19(21)17-8-2-1-3-9-17)16-27-22-15-7-11-18-10-6-13-20(24(18)22)25(27)29/h1-15H,16H2,(H,26,28). The van der Waals surface area contributed by atoms with Crippen LogP contribution in [0.4, 0.5) is 11.4 Å². The Balaban J connectivity index is 1.42. The third kappa shape index (κ3) is 2.95. The number of hydrogen-bond donors (Lipinski definition) is 1. The zero-order valence-corrected chi connectivity index (χ0v) is 15.6. The van der Waals surface area contributed by atoms with Crippen LogP contribution in [0.1, 0.15) is 10.4 Å². The van der Waals surface area contributed by atoms with Gasteiger partial charge in [0.05, 0.1) is 5.69 Å². The minimum Gasteiger partial charge on any atom is -0.324 e. The van der Waals surface area contributed by atoms with Gasteiger partial charge < -0.3 is 5.32 Å². The lowest BCUT2D eigenvalue weighted by Gasteiger charge is -2.18. The van der Waals surface area contributed by atoms with Gasteiger partial charge in [-0.2, -0.15) is 0 Å². The van der Waals surface area contributed by atoms with Crippen LogP contribution >= 0.6 is 0 Å². The monoisotopic (exact) mass is 378 g/mol. The molecule has 0 aromatic heterocycles. The second kappa shape index (κ2) is 6.91. The highest BCUT2D eigenvalue weighted by atomic mass is 16.2. The topological polar surface area (TPSA) is 49.4 Å². The van der Waals surface area contributed by atoms with Gasteiger partial charge in [0.15, 0.2) is 0 Å². The van der Waals surface area contributed by atoms with Crippen LogP contribution in [0.25, 0.3) is 21.9 Å². The van der Waals surface area contributed by atoms with Gasteiger partial charge in [0.2, 0.25) is 5.91 Å². The molecule has 0 unspecified atom stereocenters. The minimum atomic E-state index is -0.230. The zero-order valence-electron chi connectivity index (χ0n) is 15.6. The van der Waals surface area contributed by atoms with E-state index < -0.39 is 0 Å². The summed E-state index contributed by atoms with van der Waals surface area (Å²) >= 11 is 0. The summed E-state index contributed by atoms with van der Waals surface area (Å²) in [5.74, 6) is -0.366. The van der Waals surface area contributed by atoms with Gasteiger partial charge in [-0.3, -0.25) is 14.5 Å². The first-order valence-electron chi connectivity index (χ1n) is 9.50. The maximum atomic E-state index is 12.9. The highest BCUT2D eigenvalue weighted by Crippen LogP contribution is 2.37. The summed E-state index contributed by atoms with van der Waals surface area (Å²) < 4.78 is 0. The molecule has 0 saturated heterocycles. The Morgan fingerprint density at radius 1 is 0.759 bits per heavy atom. The number of para-hydroxylation sites is 1. The third-order valence-electron chi connectivity index (χ3n) is 5.24. The van der Waals surface area contributed by atoms with Crippen LogP contribution in [0.2, 0.25) is 0 Å². The number of amides is 2. The summed E-state index contributed by atoms with van der Waals surface area (Å²) in [5.41, 5.74) is 4.13. The Morgan fingerprint density at radius 3 is 2.28 bits per heavy atom. The van der Waals surface area contributed by atoms with Gasteiger partial charge in [-0.15, -0.1) is 0 Å². The van der Waals surface area contributed by atoms with E-state index in [1.54, 1.807) is 4.90 Å². The number of carbonyl (C=O) groups excluding carboxylic acids is 2. The Bertz CT molecular complexity index is 1240. The lowest BCUT2D eigenvalue weighted by atomic mass is 10.0. The van der Waals surface area contributed by atoms with Crippen LogP contribution in [-0.4, -0.2) is 18.4 Å². The molecule has 0 bridgehead atoms. The van der Waals surface area contributed by atoms with Crippen LogP contribution in [-0.2, 0) is 4.79 Å². The van der Waals surface area contributed by atoms with E-state index in [9.17, 15) is 9.59 Å². The van der Waals surface area contributed by atoms with E-state index in [1.165, 1.54) is 0 Å². The molecule has 0 spiro atoms. The molecule has 0 radical (unpaired) electrons. The maximum absolute atomic E-state index is 12.9. The van der Waals surface area contributed by atoms with Gasteiger partial charge in [-0.1, -0.05) is 72.8 Å². The first-order chi connectivity index (χ1) is 14.2. The maximum Gasteiger partial charge on any atom is 0.259 e. The Morgan fingerprint density at radius 2 is 1.45 bits per heavy atom. The van der Waals surface area contributed by atoms with Crippen LogP contribution in [0.15, 0.2) is 91.0 Å². The molecule has 0 atom stereocenters. The quantitative estimate of drug-likeness (QED) is 0.537. The van der Waals surface area contributed by atoms with Gasteiger partial charge in [-0.05, 0) is 29.1 Å². The number of hydrogen-bond acceptors (Lipinski definition) is 2. The molecule has 0 saturated carbocycles. The molecule has 1 heterocycles. The van der Waals surface area contributed by atoms with Crippen molar-refractivity contribution in [1.82, 2.24) is 0 Å². The van der Waals surface area contributed by atoms with Gasteiger partial charge >= 0.3 is 0 Å². The van der Waals surface area contributed by atoms with Crippen molar-refractivity contribution in [1.29, 1.82) is 0 Å². The summed E-state index contributed by atoms with van der Waals surface area (Å²) in [6, 6.07) is 29.0. The number of nitrogens with zero attached hydrogens (tertiary/aromatic N) is 1. The lowest BCUT2D eigenvalue weighted by Crippen LogP contribution is -2.35. The van der Waals surface area contributed by atoms with Crippen molar-refractivity contribution in [2.24, 2.45) is 0 Å². The van der Waals surface area contributed by atoms with E-state index in [0.29, 0.717) is 5.56 Å². The number of rotatable bonds is 4. The largest absolute Gasteiger partial charge is 0.324 e.